The number of anilines is 1. The zero-order valence-electron chi connectivity index (χ0n) is 17.8. The van der Waals surface area contributed by atoms with Crippen molar-refractivity contribution in [2.45, 2.75) is 44.1 Å². The molecule has 1 aliphatic heterocycles. The van der Waals surface area contributed by atoms with Gasteiger partial charge in [0.25, 0.3) is 0 Å². The first-order chi connectivity index (χ1) is 13.3. The number of sulfone groups is 1. The lowest BCUT2D eigenvalue weighted by Crippen LogP contribution is -2.46. The van der Waals surface area contributed by atoms with Gasteiger partial charge in [-0.05, 0) is 63.8 Å². The Kier molecular flexibility index (Phi) is 7.15. The number of urea groups is 1. The van der Waals surface area contributed by atoms with Crippen LogP contribution >= 0.6 is 0 Å². The summed E-state index contributed by atoms with van der Waals surface area (Å²) in [7, 11) is -1.57. The maximum atomic E-state index is 12.6. The van der Waals surface area contributed by atoms with Gasteiger partial charge in [-0.15, -0.1) is 0 Å². The molecule has 3 amide bonds. The number of carbonyl (C=O) groups is 2. The number of benzene rings is 1. The fraction of sp³-hybridized carbons (Fsp3) is 0.600. The third-order valence-corrected chi connectivity index (χ3v) is 5.71. The molecule has 0 spiro atoms. The van der Waals surface area contributed by atoms with E-state index in [4.69, 9.17) is 4.74 Å². The van der Waals surface area contributed by atoms with E-state index in [1.807, 2.05) is 20.8 Å². The molecule has 8 nitrogen and oxygen atoms in total. The van der Waals surface area contributed by atoms with Gasteiger partial charge in [-0.2, -0.15) is 0 Å². The zero-order chi connectivity index (χ0) is 21.8. The summed E-state index contributed by atoms with van der Waals surface area (Å²) in [5, 5.41) is 2.80. The Bertz CT molecular complexity index is 831. The number of piperidine rings is 1. The molecule has 1 heterocycles. The summed E-state index contributed by atoms with van der Waals surface area (Å²) in [6.07, 6.45) is 2.56. The SMILES string of the molecule is CN(CC1CCCN(C(=O)Nc2ccc(S(C)(=O)=O)cc2)C1)C(=O)OC(C)(C)C. The highest BCUT2D eigenvalue weighted by molar-refractivity contribution is 7.90. The molecule has 1 unspecified atom stereocenters. The van der Waals surface area contributed by atoms with Crippen LogP contribution < -0.4 is 5.32 Å². The van der Waals surface area contributed by atoms with Gasteiger partial charge in [0.2, 0.25) is 0 Å². The standard InChI is InChI=1S/C20H31N3O5S/c1-20(2,3)28-19(25)22(4)13-15-7-6-12-23(14-15)18(24)21-16-8-10-17(11-9-16)29(5,26)27/h8-11,15H,6-7,12-14H2,1-5H3,(H,21,24). The van der Waals surface area contributed by atoms with Crippen molar-refractivity contribution in [1.29, 1.82) is 0 Å². The van der Waals surface area contributed by atoms with E-state index < -0.39 is 15.4 Å². The van der Waals surface area contributed by atoms with Crippen molar-refractivity contribution in [3.63, 3.8) is 0 Å². The van der Waals surface area contributed by atoms with Crippen LogP contribution in [-0.4, -0.2) is 68.9 Å². The number of hydrogen-bond acceptors (Lipinski definition) is 5. The first kappa shape index (κ1) is 23.0. The van der Waals surface area contributed by atoms with E-state index in [2.05, 4.69) is 5.32 Å². The van der Waals surface area contributed by atoms with Crippen LogP contribution in [0.5, 0.6) is 0 Å². The van der Waals surface area contributed by atoms with Gasteiger partial charge in [-0.3, -0.25) is 0 Å². The first-order valence-electron chi connectivity index (χ1n) is 9.65. The summed E-state index contributed by atoms with van der Waals surface area (Å²) >= 11 is 0. The Morgan fingerprint density at radius 3 is 2.41 bits per heavy atom. The highest BCUT2D eigenvalue weighted by Gasteiger charge is 2.27. The molecule has 1 fully saturated rings. The average molecular weight is 426 g/mol. The molecule has 9 heteroatoms. The Labute approximate surface area is 173 Å². The van der Waals surface area contributed by atoms with E-state index in [0.29, 0.717) is 25.3 Å². The fourth-order valence-electron chi connectivity index (χ4n) is 3.19. The number of nitrogens with zero attached hydrogens (tertiary/aromatic N) is 2. The van der Waals surface area contributed by atoms with Crippen molar-refractivity contribution in [1.82, 2.24) is 9.80 Å². The summed E-state index contributed by atoms with van der Waals surface area (Å²) in [6, 6.07) is 5.86. The van der Waals surface area contributed by atoms with Gasteiger partial charge < -0.3 is 19.9 Å². The second kappa shape index (κ2) is 9.02. The Balaban J connectivity index is 1.91. The van der Waals surface area contributed by atoms with Gasteiger partial charge in [0, 0.05) is 38.6 Å². The van der Waals surface area contributed by atoms with Crippen molar-refractivity contribution >= 4 is 27.6 Å². The second-order valence-electron chi connectivity index (χ2n) is 8.54. The van der Waals surface area contributed by atoms with E-state index >= 15 is 0 Å². The molecule has 0 saturated carbocycles. The van der Waals surface area contributed by atoms with Crippen LogP contribution in [0.2, 0.25) is 0 Å². The van der Waals surface area contributed by atoms with Crippen molar-refractivity contribution < 1.29 is 22.7 Å². The molecule has 2 rings (SSSR count). The minimum atomic E-state index is -3.27. The Hall–Kier alpha value is -2.29. The highest BCUT2D eigenvalue weighted by Crippen LogP contribution is 2.20. The monoisotopic (exact) mass is 425 g/mol. The molecule has 1 aromatic rings. The Morgan fingerprint density at radius 2 is 1.86 bits per heavy atom. The maximum absolute atomic E-state index is 12.6. The van der Waals surface area contributed by atoms with E-state index in [-0.39, 0.29) is 22.9 Å². The molecule has 0 radical (unpaired) electrons. The number of hydrogen-bond donors (Lipinski definition) is 1. The predicted molar refractivity (Wildman–Crippen MR) is 112 cm³/mol. The smallest absolute Gasteiger partial charge is 0.410 e. The third-order valence-electron chi connectivity index (χ3n) is 4.58. The highest BCUT2D eigenvalue weighted by atomic mass is 32.2. The lowest BCUT2D eigenvalue weighted by molar-refractivity contribution is 0.0253. The molecular formula is C20H31N3O5S. The summed E-state index contributed by atoms with van der Waals surface area (Å²) < 4.78 is 28.4. The van der Waals surface area contributed by atoms with E-state index in [9.17, 15) is 18.0 Å². The number of likely N-dealkylation sites (tertiary alicyclic amines) is 1. The largest absolute Gasteiger partial charge is 0.444 e. The molecule has 1 saturated heterocycles. The maximum Gasteiger partial charge on any atom is 0.410 e. The van der Waals surface area contributed by atoms with E-state index in [1.54, 1.807) is 29.0 Å². The topological polar surface area (TPSA) is 96.0 Å². The minimum Gasteiger partial charge on any atom is -0.444 e. The van der Waals surface area contributed by atoms with Crippen LogP contribution in [0.1, 0.15) is 33.6 Å². The molecule has 0 aliphatic carbocycles. The van der Waals surface area contributed by atoms with Crippen molar-refractivity contribution in [3.8, 4) is 0 Å². The van der Waals surface area contributed by atoms with Crippen LogP contribution in [-0.2, 0) is 14.6 Å². The summed E-state index contributed by atoms with van der Waals surface area (Å²) in [5.41, 5.74) is -0.00775. The van der Waals surface area contributed by atoms with E-state index in [1.165, 1.54) is 12.1 Å². The van der Waals surface area contributed by atoms with Crippen LogP contribution in [0, 0.1) is 5.92 Å². The normalized spacial score (nSPS) is 17.6. The van der Waals surface area contributed by atoms with E-state index in [0.717, 1.165) is 19.1 Å². The minimum absolute atomic E-state index is 0.166. The molecule has 1 aromatic carbocycles. The number of ether oxygens (including phenoxy) is 1. The fourth-order valence-corrected chi connectivity index (χ4v) is 3.82. The molecule has 0 bridgehead atoms. The third kappa shape index (κ3) is 7.23. The summed E-state index contributed by atoms with van der Waals surface area (Å²) in [5.74, 6) is 0.166. The molecule has 162 valence electrons. The second-order valence-corrected chi connectivity index (χ2v) is 10.6. The molecule has 0 aromatic heterocycles. The molecule has 1 aliphatic rings. The van der Waals surface area contributed by atoms with Gasteiger partial charge in [0.1, 0.15) is 5.60 Å². The van der Waals surface area contributed by atoms with Crippen molar-refractivity contribution in [2.24, 2.45) is 5.92 Å². The molecular weight excluding hydrogens is 394 g/mol. The van der Waals surface area contributed by atoms with Crippen molar-refractivity contribution in [2.75, 3.05) is 38.3 Å². The molecule has 29 heavy (non-hydrogen) atoms. The van der Waals surface area contributed by atoms with Gasteiger partial charge >= 0.3 is 12.1 Å². The van der Waals surface area contributed by atoms with Gasteiger partial charge in [-0.1, -0.05) is 0 Å². The number of rotatable bonds is 4. The van der Waals surface area contributed by atoms with Gasteiger partial charge in [-0.25, -0.2) is 18.0 Å². The summed E-state index contributed by atoms with van der Waals surface area (Å²) in [4.78, 5) is 28.2. The quantitative estimate of drug-likeness (QED) is 0.799. The van der Waals surface area contributed by atoms with Crippen LogP contribution in [0.4, 0.5) is 15.3 Å². The van der Waals surface area contributed by atoms with Crippen LogP contribution in [0.25, 0.3) is 0 Å². The predicted octanol–water partition coefficient (Wildman–Crippen LogP) is 3.20. The van der Waals surface area contributed by atoms with Crippen LogP contribution in [0.15, 0.2) is 29.2 Å². The summed E-state index contributed by atoms with van der Waals surface area (Å²) in [6.45, 7) is 7.18. The zero-order valence-corrected chi connectivity index (χ0v) is 18.6. The van der Waals surface area contributed by atoms with Crippen molar-refractivity contribution in [3.05, 3.63) is 24.3 Å². The van der Waals surface area contributed by atoms with Gasteiger partial charge in [0.15, 0.2) is 9.84 Å². The van der Waals surface area contributed by atoms with Crippen LogP contribution in [0.3, 0.4) is 0 Å². The lowest BCUT2D eigenvalue weighted by Gasteiger charge is -2.35. The first-order valence-corrected chi connectivity index (χ1v) is 11.5. The molecule has 1 atom stereocenters. The average Bonchev–Trinajstić information content (AvgIpc) is 2.60. The molecule has 1 N–H and O–H groups in total. The lowest BCUT2D eigenvalue weighted by atomic mass is 9.98. The van der Waals surface area contributed by atoms with Gasteiger partial charge in [0.05, 0.1) is 4.90 Å². The number of amides is 3. The number of carbonyl (C=O) groups excluding carboxylic acids is 2. The Morgan fingerprint density at radius 1 is 1.24 bits per heavy atom. The number of nitrogens with one attached hydrogen (secondary N) is 1.